The summed E-state index contributed by atoms with van der Waals surface area (Å²) in [5.74, 6) is 1.05. The van der Waals surface area contributed by atoms with E-state index in [1.54, 1.807) is 13.0 Å². The van der Waals surface area contributed by atoms with Crippen molar-refractivity contribution in [1.29, 1.82) is 0 Å². The highest BCUT2D eigenvalue weighted by molar-refractivity contribution is 7.89. The Morgan fingerprint density at radius 2 is 2.11 bits per heavy atom. The van der Waals surface area contributed by atoms with Gasteiger partial charge in [0.2, 0.25) is 10.0 Å². The van der Waals surface area contributed by atoms with Crippen LogP contribution in [0.2, 0.25) is 5.02 Å². The van der Waals surface area contributed by atoms with Crippen LogP contribution in [0.4, 0.5) is 5.69 Å². The monoisotopic (exact) mass is 288 g/mol. The molecule has 100 valence electrons. The zero-order valence-electron chi connectivity index (χ0n) is 10.4. The van der Waals surface area contributed by atoms with E-state index in [2.05, 4.69) is 11.6 Å². The predicted molar refractivity (Wildman–Crippen MR) is 73.1 cm³/mol. The van der Waals surface area contributed by atoms with E-state index in [0.717, 1.165) is 12.0 Å². The number of halogens is 1. The minimum atomic E-state index is -3.57. The number of nitrogen functional groups attached to an aromatic ring is 1. The van der Waals surface area contributed by atoms with Crippen LogP contribution in [0.15, 0.2) is 17.0 Å². The number of nitrogens with one attached hydrogen (secondary N) is 1. The molecule has 1 fully saturated rings. The van der Waals surface area contributed by atoms with Gasteiger partial charge < -0.3 is 5.73 Å². The van der Waals surface area contributed by atoms with Gasteiger partial charge in [-0.3, -0.25) is 0 Å². The molecule has 0 amide bonds. The van der Waals surface area contributed by atoms with Gasteiger partial charge in [-0.2, -0.15) is 0 Å². The molecule has 3 N–H and O–H groups in total. The number of sulfonamides is 1. The highest BCUT2D eigenvalue weighted by Gasteiger charge is 2.33. The number of hydrogen-bond donors (Lipinski definition) is 2. The number of benzene rings is 1. The molecule has 0 spiro atoms. The molecule has 1 saturated carbocycles. The van der Waals surface area contributed by atoms with Crippen LogP contribution in [-0.2, 0) is 10.0 Å². The minimum absolute atomic E-state index is 0.0561. The van der Waals surface area contributed by atoms with Crippen molar-refractivity contribution >= 4 is 27.3 Å². The molecule has 0 heterocycles. The van der Waals surface area contributed by atoms with Crippen molar-refractivity contribution in [2.45, 2.75) is 25.2 Å². The van der Waals surface area contributed by atoms with Crippen molar-refractivity contribution in [3.8, 4) is 0 Å². The Labute approximate surface area is 113 Å². The smallest absolute Gasteiger partial charge is 0.242 e. The molecule has 1 aliphatic rings. The van der Waals surface area contributed by atoms with Crippen LogP contribution in [0, 0.1) is 18.8 Å². The molecule has 1 aliphatic carbocycles. The van der Waals surface area contributed by atoms with Gasteiger partial charge in [-0.25, -0.2) is 13.1 Å². The number of nitrogens with two attached hydrogens (primary N) is 1. The summed E-state index contributed by atoms with van der Waals surface area (Å²) in [7, 11) is -3.57. The predicted octanol–water partition coefficient (Wildman–Crippen LogP) is 2.16. The van der Waals surface area contributed by atoms with Crippen LogP contribution in [0.3, 0.4) is 0 Å². The molecule has 18 heavy (non-hydrogen) atoms. The number of anilines is 1. The molecular weight excluding hydrogens is 272 g/mol. The van der Waals surface area contributed by atoms with Crippen LogP contribution >= 0.6 is 11.6 Å². The van der Waals surface area contributed by atoms with E-state index in [4.69, 9.17) is 17.3 Å². The number of aryl methyl sites for hydroxylation is 1. The zero-order chi connectivity index (χ0) is 13.5. The van der Waals surface area contributed by atoms with Crippen LogP contribution in [0.5, 0.6) is 0 Å². The highest BCUT2D eigenvalue weighted by Crippen LogP contribution is 2.37. The van der Waals surface area contributed by atoms with E-state index < -0.39 is 10.0 Å². The van der Waals surface area contributed by atoms with E-state index >= 15 is 0 Å². The van der Waals surface area contributed by atoms with E-state index in [1.807, 2.05) is 0 Å². The Bertz CT molecular complexity index is 572. The van der Waals surface area contributed by atoms with Gasteiger partial charge in [0.05, 0.1) is 5.02 Å². The average molecular weight is 289 g/mol. The quantitative estimate of drug-likeness (QED) is 0.834. The Hall–Kier alpha value is -0.780. The second-order valence-corrected chi connectivity index (χ2v) is 7.11. The van der Waals surface area contributed by atoms with Crippen LogP contribution in [0.25, 0.3) is 0 Å². The first-order valence-corrected chi connectivity index (χ1v) is 7.72. The lowest BCUT2D eigenvalue weighted by Gasteiger charge is -2.10. The largest absolute Gasteiger partial charge is 0.398 e. The molecular formula is C12H17ClN2O2S. The fourth-order valence-electron chi connectivity index (χ4n) is 1.85. The van der Waals surface area contributed by atoms with Crippen molar-refractivity contribution in [3.63, 3.8) is 0 Å². The summed E-state index contributed by atoms with van der Waals surface area (Å²) in [5, 5.41) is 0.207. The Morgan fingerprint density at radius 1 is 1.50 bits per heavy atom. The second kappa shape index (κ2) is 4.72. The molecule has 0 radical (unpaired) electrons. The normalized spacial score (nSPS) is 23.1. The van der Waals surface area contributed by atoms with Crippen molar-refractivity contribution in [2.24, 2.45) is 11.8 Å². The maximum Gasteiger partial charge on any atom is 0.242 e. The van der Waals surface area contributed by atoms with E-state index in [1.165, 1.54) is 6.07 Å². The number of hydrogen-bond acceptors (Lipinski definition) is 3. The van der Waals surface area contributed by atoms with Crippen molar-refractivity contribution < 1.29 is 8.42 Å². The van der Waals surface area contributed by atoms with Crippen molar-refractivity contribution in [3.05, 3.63) is 22.7 Å². The first-order chi connectivity index (χ1) is 8.31. The third-order valence-electron chi connectivity index (χ3n) is 3.42. The zero-order valence-corrected chi connectivity index (χ0v) is 12.0. The molecule has 2 atom stereocenters. The van der Waals surface area contributed by atoms with Gasteiger partial charge in [0.1, 0.15) is 4.90 Å². The van der Waals surface area contributed by atoms with Crippen molar-refractivity contribution in [1.82, 2.24) is 4.72 Å². The summed E-state index contributed by atoms with van der Waals surface area (Å²) in [6, 6.07) is 2.99. The summed E-state index contributed by atoms with van der Waals surface area (Å²) in [5.41, 5.74) is 6.93. The molecule has 1 aromatic rings. The standard InChI is InChI=1S/C12H17ClN2O2S/c1-7-3-9(7)6-15-18(16,17)12-5-11(14)8(2)4-10(12)13/h4-5,7,9,15H,3,6,14H2,1-2H3. The molecule has 0 aromatic heterocycles. The Balaban J connectivity index is 2.21. The lowest BCUT2D eigenvalue weighted by molar-refractivity contribution is 0.574. The molecule has 6 heteroatoms. The summed E-state index contributed by atoms with van der Waals surface area (Å²) in [6.07, 6.45) is 1.08. The average Bonchev–Trinajstić information content (AvgIpc) is 2.97. The third kappa shape index (κ3) is 2.79. The maximum absolute atomic E-state index is 12.1. The molecule has 0 saturated heterocycles. The van der Waals surface area contributed by atoms with E-state index in [-0.39, 0.29) is 9.92 Å². The van der Waals surface area contributed by atoms with Crippen LogP contribution in [0.1, 0.15) is 18.9 Å². The summed E-state index contributed by atoms with van der Waals surface area (Å²) < 4.78 is 26.8. The Kier molecular flexibility index (Phi) is 3.58. The summed E-state index contributed by atoms with van der Waals surface area (Å²) >= 11 is 5.97. The summed E-state index contributed by atoms with van der Waals surface area (Å²) in [4.78, 5) is 0.0561. The van der Waals surface area contributed by atoms with Gasteiger partial charge in [-0.1, -0.05) is 18.5 Å². The molecule has 4 nitrogen and oxygen atoms in total. The summed E-state index contributed by atoms with van der Waals surface area (Å²) in [6.45, 7) is 4.36. The molecule has 0 aliphatic heterocycles. The maximum atomic E-state index is 12.1. The molecule has 1 aromatic carbocycles. The van der Waals surface area contributed by atoms with Gasteiger partial charge in [-0.05, 0) is 42.9 Å². The lowest BCUT2D eigenvalue weighted by atomic mass is 10.2. The van der Waals surface area contributed by atoms with E-state index in [0.29, 0.717) is 24.1 Å². The van der Waals surface area contributed by atoms with Gasteiger partial charge in [0, 0.05) is 12.2 Å². The fourth-order valence-corrected chi connectivity index (χ4v) is 3.56. The van der Waals surface area contributed by atoms with Gasteiger partial charge in [0.25, 0.3) is 0 Å². The first-order valence-electron chi connectivity index (χ1n) is 5.86. The highest BCUT2D eigenvalue weighted by atomic mass is 35.5. The van der Waals surface area contributed by atoms with Gasteiger partial charge >= 0.3 is 0 Å². The number of rotatable bonds is 4. The topological polar surface area (TPSA) is 72.2 Å². The van der Waals surface area contributed by atoms with Crippen LogP contribution in [-0.4, -0.2) is 15.0 Å². The van der Waals surface area contributed by atoms with Gasteiger partial charge in [0.15, 0.2) is 0 Å². The molecule has 2 unspecified atom stereocenters. The first kappa shape index (κ1) is 13.6. The second-order valence-electron chi connectivity index (χ2n) is 4.96. The van der Waals surface area contributed by atoms with Gasteiger partial charge in [-0.15, -0.1) is 0 Å². The minimum Gasteiger partial charge on any atom is -0.398 e. The molecule has 2 rings (SSSR count). The third-order valence-corrected chi connectivity index (χ3v) is 5.31. The lowest BCUT2D eigenvalue weighted by Crippen LogP contribution is -2.26. The SMILES string of the molecule is Cc1cc(Cl)c(S(=O)(=O)NCC2CC2C)cc1N. The van der Waals surface area contributed by atoms with Crippen LogP contribution < -0.4 is 10.5 Å². The Morgan fingerprint density at radius 3 is 2.67 bits per heavy atom. The van der Waals surface area contributed by atoms with Crippen molar-refractivity contribution in [2.75, 3.05) is 12.3 Å². The fraction of sp³-hybridized carbons (Fsp3) is 0.500. The molecule has 0 bridgehead atoms. The van der Waals surface area contributed by atoms with E-state index in [9.17, 15) is 8.42 Å².